The van der Waals surface area contributed by atoms with Crippen LogP contribution in [-0.4, -0.2) is 36.6 Å². The lowest BCUT2D eigenvalue weighted by molar-refractivity contribution is 0.0827. The molecule has 0 aliphatic rings. The third-order valence-corrected chi connectivity index (χ3v) is 2.38. The summed E-state index contributed by atoms with van der Waals surface area (Å²) in [5.41, 5.74) is 1.53. The Labute approximate surface area is 107 Å². The van der Waals surface area contributed by atoms with Crippen LogP contribution in [-0.2, 0) is 0 Å². The molecule has 0 saturated heterocycles. The molecule has 0 bridgehead atoms. The zero-order valence-electron chi connectivity index (χ0n) is 10.3. The van der Waals surface area contributed by atoms with E-state index in [1.807, 2.05) is 19.1 Å². The van der Waals surface area contributed by atoms with E-state index in [2.05, 4.69) is 10.6 Å². The first-order valence-corrected chi connectivity index (χ1v) is 5.82. The van der Waals surface area contributed by atoms with Gasteiger partial charge >= 0.3 is 0 Å². The van der Waals surface area contributed by atoms with Crippen molar-refractivity contribution in [2.45, 2.75) is 6.92 Å². The molecule has 1 amide bonds. The molecule has 0 atom stereocenters. The van der Waals surface area contributed by atoms with Crippen molar-refractivity contribution in [2.75, 3.05) is 26.0 Å². The minimum Gasteiger partial charge on any atom is -0.363 e. The fourth-order valence-electron chi connectivity index (χ4n) is 1.29. The molecule has 0 aromatic heterocycles. The predicted octanol–water partition coefficient (Wildman–Crippen LogP) is 1.69. The first-order valence-electron chi connectivity index (χ1n) is 5.41. The number of carbonyl (C=O) groups is 1. The molecular weight excluding hydrogens is 234 g/mol. The van der Waals surface area contributed by atoms with Gasteiger partial charge in [0.25, 0.3) is 5.91 Å². The Morgan fingerprint density at radius 3 is 2.35 bits per heavy atom. The highest BCUT2D eigenvalue weighted by molar-refractivity contribution is 7.80. The molecule has 0 unspecified atom stereocenters. The largest absolute Gasteiger partial charge is 0.363 e. The van der Waals surface area contributed by atoms with E-state index in [4.69, 9.17) is 12.2 Å². The van der Waals surface area contributed by atoms with Gasteiger partial charge in [0, 0.05) is 31.9 Å². The summed E-state index contributed by atoms with van der Waals surface area (Å²) in [5, 5.41) is 6.61. The summed E-state index contributed by atoms with van der Waals surface area (Å²) in [7, 11) is 3.46. The topological polar surface area (TPSA) is 44.4 Å². The molecule has 0 spiro atoms. The fourth-order valence-corrected chi connectivity index (χ4v) is 1.55. The van der Waals surface area contributed by atoms with Crippen LogP contribution >= 0.6 is 12.2 Å². The molecule has 17 heavy (non-hydrogen) atoms. The lowest BCUT2D eigenvalue weighted by Crippen LogP contribution is -2.28. The van der Waals surface area contributed by atoms with Crippen LogP contribution in [0.4, 0.5) is 5.69 Å². The van der Waals surface area contributed by atoms with Crippen molar-refractivity contribution in [2.24, 2.45) is 0 Å². The smallest absolute Gasteiger partial charge is 0.253 e. The number of hydrogen-bond acceptors (Lipinski definition) is 2. The van der Waals surface area contributed by atoms with Gasteiger partial charge in [-0.1, -0.05) is 0 Å². The number of rotatable bonds is 3. The van der Waals surface area contributed by atoms with Crippen LogP contribution in [0.25, 0.3) is 0 Å². The van der Waals surface area contributed by atoms with E-state index < -0.39 is 0 Å². The second-order valence-corrected chi connectivity index (χ2v) is 4.17. The molecule has 0 heterocycles. The molecule has 1 aromatic carbocycles. The Balaban J connectivity index is 2.68. The van der Waals surface area contributed by atoms with Gasteiger partial charge in [-0.2, -0.15) is 0 Å². The normalized spacial score (nSPS) is 9.59. The van der Waals surface area contributed by atoms with Crippen molar-refractivity contribution in [3.63, 3.8) is 0 Å². The van der Waals surface area contributed by atoms with Gasteiger partial charge in [-0.05, 0) is 43.4 Å². The van der Waals surface area contributed by atoms with Gasteiger partial charge < -0.3 is 15.5 Å². The first kappa shape index (κ1) is 13.4. The number of nitrogens with one attached hydrogen (secondary N) is 2. The minimum absolute atomic E-state index is 0.00851. The van der Waals surface area contributed by atoms with Crippen molar-refractivity contribution in [1.29, 1.82) is 0 Å². The summed E-state index contributed by atoms with van der Waals surface area (Å²) >= 11 is 5.06. The highest BCUT2D eigenvalue weighted by Gasteiger charge is 2.07. The first-order chi connectivity index (χ1) is 8.04. The zero-order valence-corrected chi connectivity index (χ0v) is 11.1. The van der Waals surface area contributed by atoms with Crippen LogP contribution in [0.1, 0.15) is 17.3 Å². The number of hydrogen-bond donors (Lipinski definition) is 2. The second kappa shape index (κ2) is 6.20. The van der Waals surface area contributed by atoms with E-state index in [0.29, 0.717) is 10.7 Å². The minimum atomic E-state index is -0.00851. The lowest BCUT2D eigenvalue weighted by Gasteiger charge is -2.12. The van der Waals surface area contributed by atoms with Crippen molar-refractivity contribution >= 4 is 28.9 Å². The van der Waals surface area contributed by atoms with E-state index in [9.17, 15) is 4.79 Å². The fraction of sp³-hybridized carbons (Fsp3) is 0.333. The number of carbonyl (C=O) groups excluding carboxylic acids is 1. The summed E-state index contributed by atoms with van der Waals surface area (Å²) in [4.78, 5) is 13.2. The Hall–Kier alpha value is -1.62. The lowest BCUT2D eigenvalue weighted by atomic mass is 10.2. The molecule has 0 radical (unpaired) electrons. The quantitative estimate of drug-likeness (QED) is 0.803. The highest BCUT2D eigenvalue weighted by atomic mass is 32.1. The predicted molar refractivity (Wildman–Crippen MR) is 74.4 cm³/mol. The summed E-state index contributed by atoms with van der Waals surface area (Å²) in [5.74, 6) is -0.00851. The van der Waals surface area contributed by atoms with Gasteiger partial charge in [-0.3, -0.25) is 4.79 Å². The maximum Gasteiger partial charge on any atom is 0.253 e. The van der Waals surface area contributed by atoms with Crippen molar-refractivity contribution in [1.82, 2.24) is 10.2 Å². The average molecular weight is 251 g/mol. The Morgan fingerprint density at radius 1 is 1.29 bits per heavy atom. The summed E-state index contributed by atoms with van der Waals surface area (Å²) < 4.78 is 0. The van der Waals surface area contributed by atoms with Crippen molar-refractivity contribution < 1.29 is 4.79 Å². The number of nitrogens with zero attached hydrogens (tertiary/aromatic N) is 1. The van der Waals surface area contributed by atoms with E-state index in [0.717, 1.165) is 12.2 Å². The van der Waals surface area contributed by atoms with Gasteiger partial charge in [0.2, 0.25) is 0 Å². The van der Waals surface area contributed by atoms with Gasteiger partial charge in [-0.15, -0.1) is 0 Å². The molecule has 0 aliphatic heterocycles. The molecule has 92 valence electrons. The molecule has 5 heteroatoms. The number of benzene rings is 1. The van der Waals surface area contributed by atoms with Crippen LogP contribution in [0.5, 0.6) is 0 Å². The van der Waals surface area contributed by atoms with E-state index in [-0.39, 0.29) is 5.91 Å². The Morgan fingerprint density at radius 2 is 1.88 bits per heavy atom. The van der Waals surface area contributed by atoms with E-state index in [1.54, 1.807) is 31.1 Å². The van der Waals surface area contributed by atoms with Gasteiger partial charge in [0.05, 0.1) is 0 Å². The zero-order chi connectivity index (χ0) is 12.8. The average Bonchev–Trinajstić information content (AvgIpc) is 2.29. The number of anilines is 1. The van der Waals surface area contributed by atoms with Gasteiger partial charge in [0.15, 0.2) is 5.11 Å². The summed E-state index contributed by atoms with van der Waals surface area (Å²) in [6.07, 6.45) is 0. The third-order valence-electron chi connectivity index (χ3n) is 2.13. The van der Waals surface area contributed by atoms with E-state index >= 15 is 0 Å². The molecule has 4 nitrogen and oxygen atoms in total. The van der Waals surface area contributed by atoms with Crippen LogP contribution in [0, 0.1) is 0 Å². The Kier molecular flexibility index (Phi) is 4.90. The molecule has 0 fully saturated rings. The monoisotopic (exact) mass is 251 g/mol. The molecule has 1 aromatic rings. The van der Waals surface area contributed by atoms with Crippen LogP contribution in [0.15, 0.2) is 24.3 Å². The Bertz CT molecular complexity index is 401. The molecule has 0 saturated carbocycles. The van der Waals surface area contributed by atoms with Crippen LogP contribution in [0.3, 0.4) is 0 Å². The highest BCUT2D eigenvalue weighted by Crippen LogP contribution is 2.10. The summed E-state index contributed by atoms with van der Waals surface area (Å²) in [6.45, 7) is 2.76. The van der Waals surface area contributed by atoms with Crippen LogP contribution in [0.2, 0.25) is 0 Å². The van der Waals surface area contributed by atoms with Gasteiger partial charge in [-0.25, -0.2) is 0 Å². The maximum absolute atomic E-state index is 11.6. The third kappa shape index (κ3) is 4.03. The number of thiocarbonyl (C=S) groups is 1. The number of amides is 1. The standard InChI is InChI=1S/C12H17N3OS/c1-4-13-12(17)14-10-7-5-9(6-8-10)11(16)15(2)3/h5-8H,4H2,1-3H3,(H2,13,14,17). The SMILES string of the molecule is CCNC(=S)Nc1ccc(C(=O)N(C)C)cc1. The van der Waals surface area contributed by atoms with Crippen molar-refractivity contribution in [3.8, 4) is 0 Å². The summed E-state index contributed by atoms with van der Waals surface area (Å²) in [6, 6.07) is 7.22. The molecule has 2 N–H and O–H groups in total. The molecular formula is C12H17N3OS. The maximum atomic E-state index is 11.6. The van der Waals surface area contributed by atoms with E-state index in [1.165, 1.54) is 0 Å². The van der Waals surface area contributed by atoms with Gasteiger partial charge in [0.1, 0.15) is 0 Å². The van der Waals surface area contributed by atoms with Crippen molar-refractivity contribution in [3.05, 3.63) is 29.8 Å². The molecule has 1 rings (SSSR count). The second-order valence-electron chi connectivity index (χ2n) is 3.76. The molecule has 0 aliphatic carbocycles. The van der Waals surface area contributed by atoms with Crippen LogP contribution < -0.4 is 10.6 Å².